The average Bonchev–Trinajstić information content (AvgIpc) is 1.53. The fourth-order valence-electron chi connectivity index (χ4n) is 0.790. The van der Waals surface area contributed by atoms with E-state index < -0.39 is 6.23 Å². The van der Waals surface area contributed by atoms with Gasteiger partial charge >= 0.3 is 5.97 Å². The summed E-state index contributed by atoms with van der Waals surface area (Å²) < 4.78 is 5.44. The number of carbonyl (C=O) groups excluding carboxylic acids is 1. The number of hydrogen-bond donors (Lipinski definition) is 1. The number of esters is 1. The number of carbonyl (C=O) groups is 1. The van der Waals surface area contributed by atoms with Crippen LogP contribution in [0.3, 0.4) is 0 Å². The van der Waals surface area contributed by atoms with Crippen molar-refractivity contribution in [2.45, 2.75) is 13.2 Å². The lowest BCUT2D eigenvalue weighted by atomic mass is 10.5. The largest absolute Gasteiger partial charge is 0.441 e. The zero-order valence-electron chi connectivity index (χ0n) is 7.63. The third-order valence-electron chi connectivity index (χ3n) is 1.05. The van der Waals surface area contributed by atoms with Gasteiger partial charge in [-0.25, -0.2) is 0 Å². The third-order valence-corrected chi connectivity index (χ3v) is 1.05. The summed E-state index contributed by atoms with van der Waals surface area (Å²) in [6.45, 7) is 1.98. The van der Waals surface area contributed by atoms with E-state index in [0.717, 1.165) is 0 Å². The Hall–Kier alpha value is -0.610. The van der Waals surface area contributed by atoms with Crippen LogP contribution in [-0.4, -0.2) is 44.4 Å². The second kappa shape index (κ2) is 3.69. The SMILES string of the molecule is CC(=O)OC(N)C[N+](C)(C)C. The first-order valence-electron chi connectivity index (χ1n) is 3.54. The molecule has 0 aliphatic rings. The molecule has 0 amide bonds. The number of nitrogens with zero attached hydrogens (tertiary/aromatic N) is 1. The maximum atomic E-state index is 10.4. The highest BCUT2D eigenvalue weighted by Gasteiger charge is 2.15. The highest BCUT2D eigenvalue weighted by molar-refractivity contribution is 5.66. The zero-order chi connectivity index (χ0) is 9.07. The smallest absolute Gasteiger partial charge is 0.304 e. The molecule has 0 aromatic heterocycles. The average molecular weight is 161 g/mol. The van der Waals surface area contributed by atoms with Crippen molar-refractivity contribution in [3.05, 3.63) is 0 Å². The Morgan fingerprint density at radius 1 is 1.55 bits per heavy atom. The van der Waals surface area contributed by atoms with Crippen molar-refractivity contribution in [1.29, 1.82) is 0 Å². The summed E-state index contributed by atoms with van der Waals surface area (Å²) in [4.78, 5) is 10.4. The van der Waals surface area contributed by atoms with Gasteiger partial charge < -0.3 is 9.22 Å². The summed E-state index contributed by atoms with van der Waals surface area (Å²) in [5, 5.41) is 0. The second-order valence-corrected chi connectivity index (χ2v) is 3.62. The maximum Gasteiger partial charge on any atom is 0.304 e. The number of quaternary nitrogens is 1. The molecular formula is C7H17N2O2+. The number of likely N-dealkylation sites (N-methyl/N-ethyl adjacent to an activating group) is 1. The molecule has 4 heteroatoms. The Labute approximate surface area is 67.5 Å². The van der Waals surface area contributed by atoms with E-state index in [0.29, 0.717) is 11.0 Å². The van der Waals surface area contributed by atoms with Crippen LogP contribution in [0, 0.1) is 0 Å². The summed E-state index contributed by atoms with van der Waals surface area (Å²) in [6, 6.07) is 0. The van der Waals surface area contributed by atoms with Crippen LogP contribution in [0.4, 0.5) is 0 Å². The Bertz CT molecular complexity index is 140. The molecule has 0 aromatic carbocycles. The van der Waals surface area contributed by atoms with Crippen LogP contribution in [0.2, 0.25) is 0 Å². The van der Waals surface area contributed by atoms with E-state index >= 15 is 0 Å². The van der Waals surface area contributed by atoms with Gasteiger partial charge in [0.25, 0.3) is 0 Å². The minimum atomic E-state index is -0.493. The van der Waals surface area contributed by atoms with E-state index in [4.69, 9.17) is 10.5 Å². The molecule has 11 heavy (non-hydrogen) atoms. The standard InChI is InChI=1S/C7H17N2O2/c1-6(10)11-7(8)5-9(2,3)4/h7H,5,8H2,1-4H3/q+1. The predicted octanol–water partition coefficient (Wildman–Crippen LogP) is -0.459. The van der Waals surface area contributed by atoms with Gasteiger partial charge in [-0.05, 0) is 0 Å². The zero-order valence-corrected chi connectivity index (χ0v) is 7.63. The Morgan fingerprint density at radius 2 is 2.00 bits per heavy atom. The molecule has 0 aromatic rings. The summed E-state index contributed by atoms with van der Waals surface area (Å²) in [6.07, 6.45) is -0.493. The summed E-state index contributed by atoms with van der Waals surface area (Å²) in [7, 11) is 5.97. The van der Waals surface area contributed by atoms with Crippen molar-refractivity contribution in [3.63, 3.8) is 0 Å². The monoisotopic (exact) mass is 161 g/mol. The van der Waals surface area contributed by atoms with Gasteiger partial charge in [-0.15, -0.1) is 0 Å². The van der Waals surface area contributed by atoms with Crippen LogP contribution in [0.5, 0.6) is 0 Å². The Kier molecular flexibility index (Phi) is 3.48. The molecule has 1 unspecified atom stereocenters. The number of hydrogen-bond acceptors (Lipinski definition) is 3. The summed E-state index contributed by atoms with van der Waals surface area (Å²) in [5.74, 6) is -0.328. The molecule has 0 saturated heterocycles. The van der Waals surface area contributed by atoms with Crippen molar-refractivity contribution >= 4 is 5.97 Å². The van der Waals surface area contributed by atoms with Crippen molar-refractivity contribution in [2.75, 3.05) is 27.7 Å². The van der Waals surface area contributed by atoms with Crippen molar-refractivity contribution in [2.24, 2.45) is 5.73 Å². The molecule has 0 radical (unpaired) electrons. The molecule has 66 valence electrons. The molecule has 0 saturated carbocycles. The molecule has 0 aliphatic carbocycles. The van der Waals surface area contributed by atoms with Crippen LogP contribution in [0.25, 0.3) is 0 Å². The molecule has 0 rings (SSSR count). The lowest BCUT2D eigenvalue weighted by Crippen LogP contribution is -2.46. The van der Waals surface area contributed by atoms with Gasteiger partial charge in [0.2, 0.25) is 0 Å². The van der Waals surface area contributed by atoms with Gasteiger partial charge in [0, 0.05) is 6.92 Å². The third kappa shape index (κ3) is 7.29. The first-order valence-corrected chi connectivity index (χ1v) is 3.54. The van der Waals surface area contributed by atoms with Gasteiger partial charge in [-0.3, -0.25) is 10.5 Å². The fraction of sp³-hybridized carbons (Fsp3) is 0.857. The highest BCUT2D eigenvalue weighted by Crippen LogP contribution is 1.94. The fourth-order valence-corrected chi connectivity index (χ4v) is 0.790. The topological polar surface area (TPSA) is 52.3 Å². The van der Waals surface area contributed by atoms with Gasteiger partial charge in [0.1, 0.15) is 6.54 Å². The molecule has 0 fully saturated rings. The summed E-state index contributed by atoms with van der Waals surface area (Å²) >= 11 is 0. The van der Waals surface area contributed by atoms with Gasteiger partial charge in [0.05, 0.1) is 21.1 Å². The number of ether oxygens (including phenoxy) is 1. The molecule has 0 spiro atoms. The van der Waals surface area contributed by atoms with E-state index in [1.807, 2.05) is 21.1 Å². The molecule has 0 aliphatic heterocycles. The van der Waals surface area contributed by atoms with E-state index in [-0.39, 0.29) is 5.97 Å². The van der Waals surface area contributed by atoms with Crippen LogP contribution in [0.15, 0.2) is 0 Å². The Morgan fingerprint density at radius 3 is 2.27 bits per heavy atom. The van der Waals surface area contributed by atoms with Gasteiger partial charge in [-0.1, -0.05) is 0 Å². The first-order chi connectivity index (χ1) is 4.81. The van der Waals surface area contributed by atoms with Crippen LogP contribution in [0.1, 0.15) is 6.92 Å². The maximum absolute atomic E-state index is 10.4. The predicted molar refractivity (Wildman–Crippen MR) is 42.6 cm³/mol. The molecule has 0 heterocycles. The molecular weight excluding hydrogens is 144 g/mol. The van der Waals surface area contributed by atoms with Crippen LogP contribution < -0.4 is 5.73 Å². The Balaban J connectivity index is 3.69. The number of rotatable bonds is 3. The normalized spacial score (nSPS) is 14.3. The lowest BCUT2D eigenvalue weighted by molar-refractivity contribution is -0.873. The van der Waals surface area contributed by atoms with Gasteiger partial charge in [0.15, 0.2) is 6.23 Å². The highest BCUT2D eigenvalue weighted by atomic mass is 16.6. The quantitative estimate of drug-likeness (QED) is 0.346. The van der Waals surface area contributed by atoms with Crippen molar-refractivity contribution in [3.8, 4) is 0 Å². The van der Waals surface area contributed by atoms with Crippen LogP contribution in [-0.2, 0) is 9.53 Å². The van der Waals surface area contributed by atoms with Crippen molar-refractivity contribution in [1.82, 2.24) is 0 Å². The molecule has 4 nitrogen and oxygen atoms in total. The minimum Gasteiger partial charge on any atom is -0.441 e. The summed E-state index contributed by atoms with van der Waals surface area (Å²) in [5.41, 5.74) is 5.50. The molecule has 1 atom stereocenters. The van der Waals surface area contributed by atoms with E-state index in [2.05, 4.69) is 0 Å². The first kappa shape index (κ1) is 10.4. The van der Waals surface area contributed by atoms with Crippen molar-refractivity contribution < 1.29 is 14.0 Å². The minimum absolute atomic E-state index is 0.328. The number of nitrogens with two attached hydrogens (primary N) is 1. The van der Waals surface area contributed by atoms with Crippen LogP contribution >= 0.6 is 0 Å². The van der Waals surface area contributed by atoms with E-state index in [9.17, 15) is 4.79 Å². The van der Waals surface area contributed by atoms with Gasteiger partial charge in [-0.2, -0.15) is 0 Å². The van der Waals surface area contributed by atoms with E-state index in [1.54, 1.807) is 0 Å². The molecule has 2 N–H and O–H groups in total. The second-order valence-electron chi connectivity index (χ2n) is 3.62. The molecule has 0 bridgehead atoms. The lowest BCUT2D eigenvalue weighted by Gasteiger charge is -2.26. The van der Waals surface area contributed by atoms with E-state index in [1.165, 1.54) is 6.92 Å².